The number of ketones is 1. The molecule has 2 aromatic carbocycles. The molecule has 1 unspecified atom stereocenters. The summed E-state index contributed by atoms with van der Waals surface area (Å²) in [5.74, 6) is -0.886. The monoisotopic (exact) mass is 473 g/mol. The molecule has 0 radical (unpaired) electrons. The Kier molecular flexibility index (Phi) is 9.06. The van der Waals surface area contributed by atoms with Gasteiger partial charge in [0, 0.05) is 24.9 Å². The number of hydrogen-bond acceptors (Lipinski definition) is 5. The summed E-state index contributed by atoms with van der Waals surface area (Å²) in [5.41, 5.74) is 1.11. The smallest absolute Gasteiger partial charge is 0.338 e. The van der Waals surface area contributed by atoms with Gasteiger partial charge in [0.15, 0.2) is 5.78 Å². The van der Waals surface area contributed by atoms with E-state index in [2.05, 4.69) is 5.32 Å². The highest BCUT2D eigenvalue weighted by molar-refractivity contribution is 6.32. The number of rotatable bonds is 9. The average Bonchev–Trinajstić information content (AvgIpc) is 2.73. The number of halogens is 1. The van der Waals surface area contributed by atoms with Crippen LogP contribution in [0.5, 0.6) is 5.75 Å². The van der Waals surface area contributed by atoms with E-state index >= 15 is 0 Å². The van der Waals surface area contributed by atoms with Gasteiger partial charge in [0.2, 0.25) is 5.91 Å². The highest BCUT2D eigenvalue weighted by atomic mass is 35.5. The standard InChI is InChI=1S/C26H32ClNO5/c1-16(2)32-23-12-11-19(14-21(23)27)22(29)15-20(24(30)28-6)13-17-7-9-18(10-8-17)25(31)33-26(3,4)5/h7-12,14,16,20H,13,15H2,1-6H3,(H,28,30). The second kappa shape index (κ2) is 11.3. The molecule has 0 heterocycles. The Morgan fingerprint density at radius 3 is 2.12 bits per heavy atom. The molecule has 0 aliphatic carbocycles. The van der Waals surface area contributed by atoms with Crippen LogP contribution in [-0.2, 0) is 16.0 Å². The quantitative estimate of drug-likeness (QED) is 0.396. The van der Waals surface area contributed by atoms with Crippen LogP contribution in [0.25, 0.3) is 0 Å². The van der Waals surface area contributed by atoms with E-state index in [-0.39, 0.29) is 24.2 Å². The van der Waals surface area contributed by atoms with E-state index in [4.69, 9.17) is 21.1 Å². The predicted molar refractivity (Wildman–Crippen MR) is 129 cm³/mol. The summed E-state index contributed by atoms with van der Waals surface area (Å²) < 4.78 is 11.0. The number of esters is 1. The van der Waals surface area contributed by atoms with Crippen LogP contribution >= 0.6 is 11.6 Å². The van der Waals surface area contributed by atoms with Crippen LogP contribution in [-0.4, -0.2) is 36.4 Å². The van der Waals surface area contributed by atoms with E-state index in [1.54, 1.807) is 49.5 Å². The molecule has 1 N–H and O–H groups in total. The van der Waals surface area contributed by atoms with Gasteiger partial charge < -0.3 is 14.8 Å². The molecule has 0 fully saturated rings. The number of Topliss-reactive ketones (excluding diaryl/α,β-unsaturated/α-hetero) is 1. The fraction of sp³-hybridized carbons (Fsp3) is 0.423. The lowest BCUT2D eigenvalue weighted by Crippen LogP contribution is -2.30. The Morgan fingerprint density at radius 2 is 1.61 bits per heavy atom. The highest BCUT2D eigenvalue weighted by Gasteiger charge is 2.23. The van der Waals surface area contributed by atoms with E-state index in [1.165, 1.54) is 0 Å². The minimum Gasteiger partial charge on any atom is -0.489 e. The Morgan fingerprint density at radius 1 is 1.00 bits per heavy atom. The molecule has 178 valence electrons. The van der Waals surface area contributed by atoms with Crippen molar-refractivity contribution in [2.45, 2.75) is 59.2 Å². The lowest BCUT2D eigenvalue weighted by atomic mass is 9.91. The Balaban J connectivity index is 2.12. The molecule has 6 nitrogen and oxygen atoms in total. The maximum absolute atomic E-state index is 12.9. The van der Waals surface area contributed by atoms with Crippen LogP contribution in [0.3, 0.4) is 0 Å². The van der Waals surface area contributed by atoms with Crippen molar-refractivity contribution < 1.29 is 23.9 Å². The highest BCUT2D eigenvalue weighted by Crippen LogP contribution is 2.28. The van der Waals surface area contributed by atoms with Crippen LogP contribution in [0.4, 0.5) is 0 Å². The third-order valence-electron chi connectivity index (χ3n) is 4.74. The third-order valence-corrected chi connectivity index (χ3v) is 5.03. The molecular formula is C26H32ClNO5. The van der Waals surface area contributed by atoms with Gasteiger partial charge in [-0.15, -0.1) is 0 Å². The fourth-order valence-corrected chi connectivity index (χ4v) is 3.45. The molecule has 0 aliphatic heterocycles. The zero-order valence-corrected chi connectivity index (χ0v) is 20.8. The lowest BCUT2D eigenvalue weighted by Gasteiger charge is -2.19. The second-order valence-electron chi connectivity index (χ2n) is 9.15. The zero-order chi connectivity index (χ0) is 24.8. The summed E-state index contributed by atoms with van der Waals surface area (Å²) in [7, 11) is 1.54. The van der Waals surface area contributed by atoms with E-state index in [9.17, 15) is 14.4 Å². The fourth-order valence-electron chi connectivity index (χ4n) is 3.23. The van der Waals surface area contributed by atoms with Gasteiger partial charge in [-0.25, -0.2) is 4.79 Å². The van der Waals surface area contributed by atoms with Gasteiger partial charge in [-0.1, -0.05) is 23.7 Å². The van der Waals surface area contributed by atoms with Crippen molar-refractivity contribution in [2.24, 2.45) is 5.92 Å². The van der Waals surface area contributed by atoms with Crippen LogP contribution < -0.4 is 10.1 Å². The topological polar surface area (TPSA) is 81.7 Å². The molecule has 0 aromatic heterocycles. The molecule has 0 saturated carbocycles. The van der Waals surface area contributed by atoms with Gasteiger partial charge in [-0.3, -0.25) is 9.59 Å². The minimum atomic E-state index is -0.581. The lowest BCUT2D eigenvalue weighted by molar-refractivity contribution is -0.124. The van der Waals surface area contributed by atoms with Crippen molar-refractivity contribution in [3.8, 4) is 5.75 Å². The first-order valence-electron chi connectivity index (χ1n) is 10.9. The number of carbonyl (C=O) groups excluding carboxylic acids is 3. The third kappa shape index (κ3) is 8.21. The summed E-state index contributed by atoms with van der Waals surface area (Å²) in [5, 5.41) is 2.98. The van der Waals surface area contributed by atoms with Crippen LogP contribution in [0.15, 0.2) is 42.5 Å². The minimum absolute atomic E-state index is 0.0220. The predicted octanol–water partition coefficient (Wildman–Crippen LogP) is 5.26. The van der Waals surface area contributed by atoms with Crippen molar-refractivity contribution >= 4 is 29.3 Å². The van der Waals surface area contributed by atoms with Gasteiger partial charge in [-0.05, 0) is 76.9 Å². The molecule has 0 spiro atoms. The molecule has 2 rings (SSSR count). The first kappa shape index (κ1) is 26.4. The zero-order valence-electron chi connectivity index (χ0n) is 20.0. The van der Waals surface area contributed by atoms with E-state index in [1.807, 2.05) is 34.6 Å². The van der Waals surface area contributed by atoms with Crippen LogP contribution in [0.2, 0.25) is 5.02 Å². The van der Waals surface area contributed by atoms with E-state index < -0.39 is 17.5 Å². The summed E-state index contributed by atoms with van der Waals surface area (Å²) in [6.07, 6.45) is 0.333. The Hall–Kier alpha value is -2.86. The largest absolute Gasteiger partial charge is 0.489 e. The Bertz CT molecular complexity index is 993. The van der Waals surface area contributed by atoms with E-state index in [0.717, 1.165) is 5.56 Å². The summed E-state index contributed by atoms with van der Waals surface area (Å²) in [6.45, 7) is 9.21. The number of carbonyl (C=O) groups is 3. The first-order chi connectivity index (χ1) is 15.4. The van der Waals surface area contributed by atoms with E-state index in [0.29, 0.717) is 28.3 Å². The van der Waals surface area contributed by atoms with Crippen molar-refractivity contribution in [3.05, 3.63) is 64.2 Å². The van der Waals surface area contributed by atoms with Gasteiger partial charge in [0.25, 0.3) is 0 Å². The second-order valence-corrected chi connectivity index (χ2v) is 9.56. The number of amides is 1. The summed E-state index contributed by atoms with van der Waals surface area (Å²) >= 11 is 6.26. The van der Waals surface area contributed by atoms with Crippen LogP contribution in [0.1, 0.15) is 67.3 Å². The van der Waals surface area contributed by atoms with Crippen molar-refractivity contribution in [2.75, 3.05) is 7.05 Å². The SMILES string of the molecule is CNC(=O)C(CC(=O)c1ccc(OC(C)C)c(Cl)c1)Cc1ccc(C(=O)OC(C)(C)C)cc1. The molecule has 2 aromatic rings. The van der Waals surface area contributed by atoms with Crippen molar-refractivity contribution in [1.29, 1.82) is 0 Å². The molecule has 0 saturated heterocycles. The molecule has 33 heavy (non-hydrogen) atoms. The van der Waals surface area contributed by atoms with Gasteiger partial charge in [0.05, 0.1) is 16.7 Å². The maximum Gasteiger partial charge on any atom is 0.338 e. The molecule has 0 bridgehead atoms. The molecular weight excluding hydrogens is 442 g/mol. The molecule has 1 amide bonds. The molecule has 1 atom stereocenters. The molecule has 7 heteroatoms. The first-order valence-corrected chi connectivity index (χ1v) is 11.3. The van der Waals surface area contributed by atoms with Crippen molar-refractivity contribution in [1.82, 2.24) is 5.32 Å². The number of benzene rings is 2. The number of hydrogen-bond donors (Lipinski definition) is 1. The number of ether oxygens (including phenoxy) is 2. The van der Waals surface area contributed by atoms with Gasteiger partial charge >= 0.3 is 5.97 Å². The number of nitrogens with one attached hydrogen (secondary N) is 1. The maximum atomic E-state index is 12.9. The van der Waals surface area contributed by atoms with Crippen molar-refractivity contribution in [3.63, 3.8) is 0 Å². The van der Waals surface area contributed by atoms with Gasteiger partial charge in [-0.2, -0.15) is 0 Å². The summed E-state index contributed by atoms with van der Waals surface area (Å²) in [6, 6.07) is 11.8. The van der Waals surface area contributed by atoms with Crippen LogP contribution in [0, 0.1) is 5.92 Å². The average molecular weight is 474 g/mol. The summed E-state index contributed by atoms with van der Waals surface area (Å²) in [4.78, 5) is 37.6. The normalized spacial score (nSPS) is 12.2. The molecule has 0 aliphatic rings. The van der Waals surface area contributed by atoms with Gasteiger partial charge in [0.1, 0.15) is 11.4 Å². The Labute approximate surface area is 200 Å².